The van der Waals surface area contributed by atoms with Crippen LogP contribution in [0.3, 0.4) is 0 Å². The molecule has 3 atom stereocenters. The first-order valence-electron chi connectivity index (χ1n) is 8.64. The van der Waals surface area contributed by atoms with Crippen LogP contribution in [0.4, 0.5) is 0 Å². The number of piperazine rings is 1. The smallest absolute Gasteiger partial charge is 0.0406 e. The quantitative estimate of drug-likeness (QED) is 0.782. The van der Waals surface area contributed by atoms with Crippen LogP contribution in [0, 0.1) is 17.8 Å². The van der Waals surface area contributed by atoms with Crippen LogP contribution in [0.5, 0.6) is 0 Å². The van der Waals surface area contributed by atoms with Crippen LogP contribution in [-0.4, -0.2) is 42.5 Å². The Labute approximate surface area is 138 Å². The molecule has 0 radical (unpaired) electrons. The van der Waals surface area contributed by atoms with Crippen molar-refractivity contribution in [2.45, 2.75) is 19.4 Å². The largest absolute Gasteiger partial charge is 0.300 e. The molecule has 2 bridgehead atoms. The van der Waals surface area contributed by atoms with Gasteiger partial charge in [-0.25, -0.2) is 0 Å². The van der Waals surface area contributed by atoms with Crippen molar-refractivity contribution in [3.63, 3.8) is 0 Å². The summed E-state index contributed by atoms with van der Waals surface area (Å²) < 4.78 is 0. The maximum absolute atomic E-state index is 5.96. The van der Waals surface area contributed by atoms with Crippen molar-refractivity contribution in [2.75, 3.05) is 32.7 Å². The van der Waals surface area contributed by atoms with E-state index >= 15 is 0 Å². The minimum atomic E-state index is 0.827. The number of benzene rings is 1. The summed E-state index contributed by atoms with van der Waals surface area (Å²) in [5.41, 5.74) is 1.37. The summed E-state index contributed by atoms with van der Waals surface area (Å²) in [7, 11) is 0. The molecule has 1 saturated heterocycles. The Kier molecular flexibility index (Phi) is 4.25. The van der Waals surface area contributed by atoms with E-state index in [1.54, 1.807) is 0 Å². The number of hydrogen-bond donors (Lipinski definition) is 0. The lowest BCUT2D eigenvalue weighted by molar-refractivity contribution is 0.108. The molecule has 22 heavy (non-hydrogen) atoms. The fraction of sp³-hybridized carbons (Fsp3) is 0.579. The Morgan fingerprint density at radius 1 is 0.909 bits per heavy atom. The van der Waals surface area contributed by atoms with E-state index in [0.29, 0.717) is 0 Å². The summed E-state index contributed by atoms with van der Waals surface area (Å²) >= 11 is 5.96. The van der Waals surface area contributed by atoms with Crippen molar-refractivity contribution < 1.29 is 0 Å². The highest BCUT2D eigenvalue weighted by Crippen LogP contribution is 2.43. The Hall–Kier alpha value is -0.830. The lowest BCUT2D eigenvalue weighted by Gasteiger charge is -2.37. The van der Waals surface area contributed by atoms with E-state index in [9.17, 15) is 0 Å². The van der Waals surface area contributed by atoms with Gasteiger partial charge in [0, 0.05) is 44.3 Å². The molecule has 3 aliphatic rings. The molecule has 1 heterocycles. The fourth-order valence-electron chi connectivity index (χ4n) is 4.41. The molecule has 4 rings (SSSR count). The third kappa shape index (κ3) is 3.24. The van der Waals surface area contributed by atoms with Gasteiger partial charge in [0.25, 0.3) is 0 Å². The summed E-state index contributed by atoms with van der Waals surface area (Å²) in [4.78, 5) is 5.26. The molecule has 0 N–H and O–H groups in total. The van der Waals surface area contributed by atoms with Gasteiger partial charge in [0.2, 0.25) is 0 Å². The van der Waals surface area contributed by atoms with E-state index < -0.39 is 0 Å². The van der Waals surface area contributed by atoms with E-state index in [1.807, 2.05) is 12.1 Å². The number of halogens is 1. The first kappa shape index (κ1) is 14.7. The lowest BCUT2D eigenvalue weighted by atomic mass is 9.93. The molecule has 0 aromatic heterocycles. The van der Waals surface area contributed by atoms with Crippen molar-refractivity contribution >= 4 is 11.6 Å². The van der Waals surface area contributed by atoms with Gasteiger partial charge in [0.05, 0.1) is 0 Å². The van der Waals surface area contributed by atoms with E-state index in [2.05, 4.69) is 34.1 Å². The maximum atomic E-state index is 5.96. The molecule has 0 amide bonds. The van der Waals surface area contributed by atoms with E-state index in [1.165, 1.54) is 51.1 Å². The van der Waals surface area contributed by atoms with Gasteiger partial charge in [-0.2, -0.15) is 0 Å². The molecule has 1 aromatic carbocycles. The summed E-state index contributed by atoms with van der Waals surface area (Å²) in [6.07, 6.45) is 7.80. The first-order valence-corrected chi connectivity index (χ1v) is 9.01. The highest BCUT2D eigenvalue weighted by atomic mass is 35.5. The van der Waals surface area contributed by atoms with Crippen LogP contribution in [-0.2, 0) is 6.54 Å². The molecule has 1 aliphatic heterocycles. The maximum Gasteiger partial charge on any atom is 0.0406 e. The van der Waals surface area contributed by atoms with Crippen LogP contribution in [0.1, 0.15) is 18.4 Å². The third-order valence-corrected chi connectivity index (χ3v) is 5.95. The van der Waals surface area contributed by atoms with Gasteiger partial charge in [-0.3, -0.25) is 4.90 Å². The van der Waals surface area contributed by atoms with Gasteiger partial charge in [0.1, 0.15) is 0 Å². The molecular formula is C19H25ClN2. The molecule has 118 valence electrons. The summed E-state index contributed by atoms with van der Waals surface area (Å²) in [6, 6.07) is 8.29. The minimum Gasteiger partial charge on any atom is -0.300 e. The van der Waals surface area contributed by atoms with E-state index in [0.717, 1.165) is 29.3 Å². The van der Waals surface area contributed by atoms with Gasteiger partial charge in [-0.1, -0.05) is 35.9 Å². The van der Waals surface area contributed by atoms with Crippen LogP contribution in [0.2, 0.25) is 5.02 Å². The Bertz CT molecular complexity index is 531. The number of allylic oxidation sites excluding steroid dienone is 2. The average molecular weight is 317 g/mol. The molecule has 0 unspecified atom stereocenters. The van der Waals surface area contributed by atoms with E-state index in [4.69, 9.17) is 11.6 Å². The second-order valence-electron chi connectivity index (χ2n) is 7.24. The Morgan fingerprint density at radius 2 is 1.64 bits per heavy atom. The monoisotopic (exact) mass is 316 g/mol. The second-order valence-corrected chi connectivity index (χ2v) is 7.68. The molecule has 1 aromatic rings. The summed E-state index contributed by atoms with van der Waals surface area (Å²) in [5.74, 6) is 2.72. The lowest BCUT2D eigenvalue weighted by Crippen LogP contribution is -2.47. The molecule has 0 spiro atoms. The first-order chi connectivity index (χ1) is 10.8. The highest BCUT2D eigenvalue weighted by molar-refractivity contribution is 6.30. The zero-order valence-corrected chi connectivity index (χ0v) is 13.9. The number of hydrogen-bond acceptors (Lipinski definition) is 2. The van der Waals surface area contributed by atoms with Crippen molar-refractivity contribution in [2.24, 2.45) is 17.8 Å². The minimum absolute atomic E-state index is 0.827. The normalized spacial score (nSPS) is 32.0. The fourth-order valence-corrected chi connectivity index (χ4v) is 4.54. The molecular weight excluding hydrogens is 292 g/mol. The summed E-state index contributed by atoms with van der Waals surface area (Å²) in [6.45, 7) is 7.22. The molecule has 2 aliphatic carbocycles. The number of rotatable bonds is 4. The van der Waals surface area contributed by atoms with Gasteiger partial charge >= 0.3 is 0 Å². The van der Waals surface area contributed by atoms with Gasteiger partial charge in [-0.05, 0) is 48.3 Å². The Morgan fingerprint density at radius 3 is 2.27 bits per heavy atom. The summed E-state index contributed by atoms with van der Waals surface area (Å²) in [5, 5.41) is 0.827. The number of fused-ring (bicyclic) bond motifs is 2. The van der Waals surface area contributed by atoms with Crippen molar-refractivity contribution in [1.82, 2.24) is 9.80 Å². The average Bonchev–Trinajstić information content (AvgIpc) is 3.14. The predicted molar refractivity (Wildman–Crippen MR) is 92.0 cm³/mol. The van der Waals surface area contributed by atoms with Crippen LogP contribution in [0.25, 0.3) is 0 Å². The zero-order valence-electron chi connectivity index (χ0n) is 13.1. The van der Waals surface area contributed by atoms with Crippen LogP contribution >= 0.6 is 11.6 Å². The van der Waals surface area contributed by atoms with E-state index in [-0.39, 0.29) is 0 Å². The molecule has 2 fully saturated rings. The Balaban J connectivity index is 1.24. The SMILES string of the molecule is Clc1ccc(CN2CCN(C[C@H]3C[C@@H]4C=C[C@@H]3C4)CC2)cc1. The molecule has 1 saturated carbocycles. The predicted octanol–water partition coefficient (Wildman–Crippen LogP) is 3.67. The van der Waals surface area contributed by atoms with Gasteiger partial charge in [-0.15, -0.1) is 0 Å². The number of nitrogens with zero attached hydrogens (tertiary/aromatic N) is 2. The second kappa shape index (κ2) is 6.35. The third-order valence-electron chi connectivity index (χ3n) is 5.69. The van der Waals surface area contributed by atoms with Gasteiger partial charge < -0.3 is 4.90 Å². The van der Waals surface area contributed by atoms with Crippen molar-refractivity contribution in [3.8, 4) is 0 Å². The van der Waals surface area contributed by atoms with Gasteiger partial charge in [0.15, 0.2) is 0 Å². The topological polar surface area (TPSA) is 6.48 Å². The van der Waals surface area contributed by atoms with Crippen LogP contribution < -0.4 is 0 Å². The standard InChI is InChI=1S/C19H25ClN2/c20-19-5-2-15(3-6-19)13-21-7-9-22(10-8-21)14-18-12-16-1-4-17(18)11-16/h1-6,16-18H,7-14H2/t16-,17-,18-/m1/s1. The van der Waals surface area contributed by atoms with Crippen molar-refractivity contribution in [1.29, 1.82) is 0 Å². The zero-order chi connectivity index (χ0) is 14.9. The van der Waals surface area contributed by atoms with Crippen LogP contribution in [0.15, 0.2) is 36.4 Å². The highest BCUT2D eigenvalue weighted by Gasteiger charge is 2.36. The van der Waals surface area contributed by atoms with Crippen molar-refractivity contribution in [3.05, 3.63) is 47.0 Å². The molecule has 2 nitrogen and oxygen atoms in total. The molecule has 3 heteroatoms.